The maximum atomic E-state index is 11.7. The maximum Gasteiger partial charge on any atom is 0.379 e. The van der Waals surface area contributed by atoms with Gasteiger partial charge in [-0.15, -0.1) is 0 Å². The Labute approximate surface area is 123 Å². The molecule has 1 aromatic carbocycles. The van der Waals surface area contributed by atoms with Crippen LogP contribution >= 0.6 is 31.9 Å². The lowest BCUT2D eigenvalue weighted by atomic mass is 10.3. The third-order valence-electron chi connectivity index (χ3n) is 2.10. The highest BCUT2D eigenvalue weighted by atomic mass is 79.9. The Hall–Kier alpha value is -1.67. The lowest BCUT2D eigenvalue weighted by Crippen LogP contribution is -2.07. The van der Waals surface area contributed by atoms with Crippen molar-refractivity contribution in [1.82, 2.24) is 0 Å². The SMILES string of the molecule is O=C(Oc1ccc([N+](=O)[O-])cc1Br)c1ccc(Br)o1. The molecule has 19 heavy (non-hydrogen) atoms. The summed E-state index contributed by atoms with van der Waals surface area (Å²) < 4.78 is 10.8. The summed E-state index contributed by atoms with van der Waals surface area (Å²) in [6, 6.07) is 6.83. The number of carbonyl (C=O) groups excluding carboxylic acids is 1. The van der Waals surface area contributed by atoms with Crippen molar-refractivity contribution in [3.8, 4) is 5.75 Å². The Kier molecular flexibility index (Phi) is 4.01. The largest absolute Gasteiger partial charge is 0.442 e. The van der Waals surface area contributed by atoms with E-state index in [0.29, 0.717) is 9.14 Å². The highest BCUT2D eigenvalue weighted by Crippen LogP contribution is 2.30. The van der Waals surface area contributed by atoms with Crippen LogP contribution in [0.1, 0.15) is 10.6 Å². The lowest BCUT2D eigenvalue weighted by Gasteiger charge is -2.04. The predicted molar refractivity (Wildman–Crippen MR) is 72.2 cm³/mol. The van der Waals surface area contributed by atoms with E-state index in [9.17, 15) is 14.9 Å². The molecule has 0 N–H and O–H groups in total. The Morgan fingerprint density at radius 3 is 2.53 bits per heavy atom. The zero-order valence-electron chi connectivity index (χ0n) is 9.13. The fourth-order valence-corrected chi connectivity index (χ4v) is 2.01. The van der Waals surface area contributed by atoms with Crippen LogP contribution in [0.4, 0.5) is 5.69 Å². The zero-order chi connectivity index (χ0) is 14.0. The number of nitro benzene ring substituents is 1. The molecule has 98 valence electrons. The first-order valence-electron chi connectivity index (χ1n) is 4.89. The summed E-state index contributed by atoms with van der Waals surface area (Å²) in [5.74, 6) is -0.500. The summed E-state index contributed by atoms with van der Waals surface area (Å²) in [7, 11) is 0. The zero-order valence-corrected chi connectivity index (χ0v) is 12.3. The quantitative estimate of drug-likeness (QED) is 0.343. The summed E-state index contributed by atoms with van der Waals surface area (Å²) in [5.41, 5.74) is -0.104. The molecule has 0 atom stereocenters. The van der Waals surface area contributed by atoms with E-state index in [1.165, 1.54) is 24.3 Å². The van der Waals surface area contributed by atoms with E-state index in [4.69, 9.17) is 9.15 Å². The van der Waals surface area contributed by atoms with Crippen LogP contribution in [0.15, 0.2) is 43.9 Å². The van der Waals surface area contributed by atoms with E-state index in [1.54, 1.807) is 6.07 Å². The van der Waals surface area contributed by atoms with Crippen molar-refractivity contribution >= 4 is 43.5 Å². The summed E-state index contributed by atoms with van der Waals surface area (Å²) in [6.07, 6.45) is 0. The van der Waals surface area contributed by atoms with Gasteiger partial charge in [0.05, 0.1) is 9.40 Å². The Bertz CT molecular complexity index is 652. The highest BCUT2D eigenvalue weighted by Gasteiger charge is 2.16. The molecule has 0 fully saturated rings. The van der Waals surface area contributed by atoms with Crippen LogP contribution in [-0.4, -0.2) is 10.9 Å². The number of rotatable bonds is 3. The molecule has 0 aliphatic carbocycles. The van der Waals surface area contributed by atoms with E-state index in [0.717, 1.165) is 0 Å². The fraction of sp³-hybridized carbons (Fsp3) is 0. The van der Waals surface area contributed by atoms with Gasteiger partial charge in [0.25, 0.3) is 5.69 Å². The van der Waals surface area contributed by atoms with Gasteiger partial charge in [-0.2, -0.15) is 0 Å². The van der Waals surface area contributed by atoms with E-state index < -0.39 is 10.9 Å². The van der Waals surface area contributed by atoms with E-state index in [-0.39, 0.29) is 17.2 Å². The van der Waals surface area contributed by atoms with Crippen molar-refractivity contribution in [2.75, 3.05) is 0 Å². The van der Waals surface area contributed by atoms with Crippen LogP contribution in [0.2, 0.25) is 0 Å². The van der Waals surface area contributed by atoms with Gasteiger partial charge >= 0.3 is 5.97 Å². The van der Waals surface area contributed by atoms with Crippen LogP contribution < -0.4 is 4.74 Å². The van der Waals surface area contributed by atoms with Gasteiger partial charge in [-0.25, -0.2) is 4.79 Å². The molecule has 2 aromatic rings. The van der Waals surface area contributed by atoms with Crippen molar-refractivity contribution in [3.05, 3.63) is 55.3 Å². The minimum absolute atomic E-state index is 0.0251. The molecule has 0 aliphatic rings. The van der Waals surface area contributed by atoms with Crippen LogP contribution in [-0.2, 0) is 0 Å². The van der Waals surface area contributed by atoms with Gasteiger partial charge in [-0.3, -0.25) is 10.1 Å². The third-order valence-corrected chi connectivity index (χ3v) is 3.15. The number of furan rings is 1. The monoisotopic (exact) mass is 389 g/mol. The number of non-ortho nitro benzene ring substituents is 1. The summed E-state index contributed by atoms with van der Waals surface area (Å²) in [6.45, 7) is 0. The number of hydrogen-bond acceptors (Lipinski definition) is 5. The topological polar surface area (TPSA) is 82.6 Å². The van der Waals surface area contributed by atoms with E-state index >= 15 is 0 Å². The number of halogens is 2. The Balaban J connectivity index is 2.20. The van der Waals surface area contributed by atoms with Crippen LogP contribution in [0, 0.1) is 10.1 Å². The first kappa shape index (κ1) is 13.8. The molecule has 6 nitrogen and oxygen atoms in total. The second-order valence-electron chi connectivity index (χ2n) is 3.37. The van der Waals surface area contributed by atoms with Gasteiger partial charge in [-0.05, 0) is 50.1 Å². The van der Waals surface area contributed by atoms with E-state index in [1.807, 2.05) is 0 Å². The average Bonchev–Trinajstić information content (AvgIpc) is 2.78. The molecular formula is C11H5Br2NO5. The second kappa shape index (κ2) is 5.54. The maximum absolute atomic E-state index is 11.7. The predicted octanol–water partition coefficient (Wildman–Crippen LogP) is 3.93. The standard InChI is InChI=1S/C11H5Br2NO5/c12-7-5-6(14(16)17)1-2-8(7)19-11(15)9-3-4-10(13)18-9/h1-5H. The highest BCUT2D eigenvalue weighted by molar-refractivity contribution is 9.10. The first-order chi connectivity index (χ1) is 8.97. The number of benzene rings is 1. The number of esters is 1. The summed E-state index contributed by atoms with van der Waals surface area (Å²) in [5, 5.41) is 10.6. The third kappa shape index (κ3) is 3.21. The smallest absolute Gasteiger partial charge is 0.379 e. The van der Waals surface area contributed by atoms with Gasteiger partial charge in [0.1, 0.15) is 5.75 Å². The number of carbonyl (C=O) groups is 1. The van der Waals surface area contributed by atoms with Crippen molar-refractivity contribution in [1.29, 1.82) is 0 Å². The molecule has 1 heterocycles. The van der Waals surface area contributed by atoms with Crippen molar-refractivity contribution < 1.29 is 18.9 Å². The molecule has 2 rings (SSSR count). The molecule has 0 saturated carbocycles. The fourth-order valence-electron chi connectivity index (χ4n) is 1.26. The van der Waals surface area contributed by atoms with Crippen molar-refractivity contribution in [3.63, 3.8) is 0 Å². The molecule has 0 saturated heterocycles. The Morgan fingerprint density at radius 2 is 2.00 bits per heavy atom. The van der Waals surface area contributed by atoms with E-state index in [2.05, 4.69) is 31.9 Å². The van der Waals surface area contributed by atoms with Gasteiger partial charge in [0, 0.05) is 12.1 Å². The molecular weight excluding hydrogens is 386 g/mol. The van der Waals surface area contributed by atoms with Gasteiger partial charge in [-0.1, -0.05) is 0 Å². The molecule has 0 amide bonds. The normalized spacial score (nSPS) is 10.2. The summed E-state index contributed by atoms with van der Waals surface area (Å²) in [4.78, 5) is 21.7. The number of nitrogens with zero attached hydrogens (tertiary/aromatic N) is 1. The molecule has 0 spiro atoms. The second-order valence-corrected chi connectivity index (χ2v) is 5.00. The minimum Gasteiger partial charge on any atom is -0.442 e. The molecule has 0 bridgehead atoms. The number of nitro groups is 1. The van der Waals surface area contributed by atoms with Crippen LogP contribution in [0.3, 0.4) is 0 Å². The number of ether oxygens (including phenoxy) is 1. The van der Waals surface area contributed by atoms with Crippen LogP contribution in [0.5, 0.6) is 5.75 Å². The minimum atomic E-state index is -0.694. The molecule has 8 heteroatoms. The lowest BCUT2D eigenvalue weighted by molar-refractivity contribution is -0.384. The molecule has 0 aliphatic heterocycles. The van der Waals surface area contributed by atoms with Crippen LogP contribution in [0.25, 0.3) is 0 Å². The van der Waals surface area contributed by atoms with Gasteiger partial charge in [0.2, 0.25) is 5.76 Å². The average molecular weight is 391 g/mol. The molecule has 0 radical (unpaired) electrons. The summed E-state index contributed by atoms with van der Waals surface area (Å²) >= 11 is 6.17. The number of hydrogen-bond donors (Lipinski definition) is 0. The van der Waals surface area contributed by atoms with Gasteiger partial charge in [0.15, 0.2) is 4.67 Å². The van der Waals surface area contributed by atoms with Crippen molar-refractivity contribution in [2.24, 2.45) is 0 Å². The molecule has 0 unspecified atom stereocenters. The molecule has 1 aromatic heterocycles. The first-order valence-corrected chi connectivity index (χ1v) is 6.47. The Morgan fingerprint density at radius 1 is 1.26 bits per heavy atom. The van der Waals surface area contributed by atoms with Crippen molar-refractivity contribution in [2.45, 2.75) is 0 Å². The van der Waals surface area contributed by atoms with Gasteiger partial charge < -0.3 is 9.15 Å².